The minimum Gasteiger partial charge on any atom is -0.324 e. The van der Waals surface area contributed by atoms with E-state index in [1.165, 1.54) is 24.3 Å². The highest BCUT2D eigenvalue weighted by Gasteiger charge is 2.39. The van der Waals surface area contributed by atoms with Crippen molar-refractivity contribution < 1.29 is 19.2 Å². The molecule has 1 aromatic heterocycles. The van der Waals surface area contributed by atoms with E-state index in [1.807, 2.05) is 0 Å². The summed E-state index contributed by atoms with van der Waals surface area (Å²) < 4.78 is 0. The van der Waals surface area contributed by atoms with E-state index < -0.39 is 17.8 Å². The lowest BCUT2D eigenvalue weighted by atomic mass is 10.1. The minimum absolute atomic E-state index is 0.0479. The Bertz CT molecular complexity index is 1080. The van der Waals surface area contributed by atoms with E-state index in [-0.39, 0.29) is 27.8 Å². The molecule has 0 fully saturated rings. The van der Waals surface area contributed by atoms with Crippen molar-refractivity contribution in [3.8, 4) is 0 Å². The third kappa shape index (κ3) is 2.29. The number of amides is 2. The molecule has 0 bridgehead atoms. The number of aromatic nitrogens is 1. The van der Waals surface area contributed by atoms with Gasteiger partial charge in [0.1, 0.15) is 0 Å². The lowest BCUT2D eigenvalue weighted by Crippen LogP contribution is -2.32. The fourth-order valence-electron chi connectivity index (χ4n) is 2.73. The summed E-state index contributed by atoms with van der Waals surface area (Å²) in [6, 6.07) is 13.9. The van der Waals surface area contributed by atoms with Crippen LogP contribution in [0.15, 0.2) is 59.4 Å². The number of carbonyl (C=O) groups excluding carboxylic acids is 3. The number of hydrogen-bond donors (Lipinski definition) is 1. The Morgan fingerprint density at radius 2 is 1.52 bits per heavy atom. The molecule has 2 amide bonds. The molecule has 2 aromatic carbocycles. The maximum absolute atomic E-state index is 12.5. The van der Waals surface area contributed by atoms with Crippen LogP contribution in [0.5, 0.6) is 0 Å². The molecule has 1 N–H and O–H groups in total. The van der Waals surface area contributed by atoms with Gasteiger partial charge in [-0.3, -0.25) is 14.4 Å². The van der Waals surface area contributed by atoms with Gasteiger partial charge in [-0.25, -0.2) is 4.79 Å². The van der Waals surface area contributed by atoms with Gasteiger partial charge in [-0.1, -0.05) is 29.3 Å². The third-order valence-corrected chi connectivity index (χ3v) is 3.91. The zero-order valence-electron chi connectivity index (χ0n) is 12.7. The molecular formula is C18H10N2O5. The molecule has 0 saturated heterocycles. The molecule has 3 aromatic rings. The first-order chi connectivity index (χ1) is 12.1. The van der Waals surface area contributed by atoms with Crippen LogP contribution in [0.4, 0.5) is 0 Å². The minimum atomic E-state index is -0.915. The van der Waals surface area contributed by atoms with Crippen LogP contribution in [0.3, 0.4) is 0 Å². The zero-order chi connectivity index (χ0) is 17.6. The van der Waals surface area contributed by atoms with E-state index in [0.29, 0.717) is 10.4 Å². The van der Waals surface area contributed by atoms with E-state index in [0.717, 1.165) is 0 Å². The summed E-state index contributed by atoms with van der Waals surface area (Å²) in [7, 11) is 0. The fourth-order valence-corrected chi connectivity index (χ4v) is 2.73. The lowest BCUT2D eigenvalue weighted by Gasteiger charge is -2.13. The Morgan fingerprint density at radius 1 is 0.840 bits per heavy atom. The maximum atomic E-state index is 12.5. The first-order valence-electron chi connectivity index (χ1n) is 7.38. The second-order valence-corrected chi connectivity index (χ2v) is 5.42. The fraction of sp³-hybridized carbons (Fsp3) is 0. The van der Waals surface area contributed by atoms with Crippen LogP contribution < -0.4 is 5.56 Å². The second kappa shape index (κ2) is 5.41. The molecule has 2 heterocycles. The Balaban J connectivity index is 1.70. The van der Waals surface area contributed by atoms with E-state index in [9.17, 15) is 19.2 Å². The maximum Gasteiger partial charge on any atom is 0.366 e. The Hall–Kier alpha value is -3.74. The number of H-pyrrole nitrogens is 1. The largest absolute Gasteiger partial charge is 0.366 e. The zero-order valence-corrected chi connectivity index (χ0v) is 12.7. The molecule has 0 aliphatic carbocycles. The van der Waals surface area contributed by atoms with Gasteiger partial charge in [-0.15, -0.1) is 0 Å². The number of nitrogens with zero attached hydrogens (tertiary/aromatic N) is 1. The van der Waals surface area contributed by atoms with Crippen molar-refractivity contribution in [1.82, 2.24) is 10.0 Å². The summed E-state index contributed by atoms with van der Waals surface area (Å²) in [4.78, 5) is 56.1. The SMILES string of the molecule is O=C(ON1C(=O)c2ccccc2C1=O)c1cccc2ccc(=O)[nH]c12. The van der Waals surface area contributed by atoms with Gasteiger partial charge in [-0.2, -0.15) is 0 Å². The van der Waals surface area contributed by atoms with Crippen LogP contribution in [0.2, 0.25) is 0 Å². The van der Waals surface area contributed by atoms with E-state index in [1.54, 1.807) is 30.3 Å². The Morgan fingerprint density at radius 3 is 2.20 bits per heavy atom. The average molecular weight is 334 g/mol. The smallest absolute Gasteiger partial charge is 0.324 e. The van der Waals surface area contributed by atoms with Crippen LogP contribution in [0.25, 0.3) is 10.9 Å². The number of hydroxylamine groups is 2. The number of hydrogen-bond acceptors (Lipinski definition) is 5. The van der Waals surface area contributed by atoms with Gasteiger partial charge in [0.05, 0.1) is 22.2 Å². The van der Waals surface area contributed by atoms with Crippen LogP contribution in [0.1, 0.15) is 31.1 Å². The number of fused-ring (bicyclic) bond motifs is 2. The Kier molecular flexibility index (Phi) is 3.21. The van der Waals surface area contributed by atoms with Crippen molar-refractivity contribution in [3.63, 3.8) is 0 Å². The van der Waals surface area contributed by atoms with Crippen LogP contribution in [-0.2, 0) is 4.84 Å². The van der Waals surface area contributed by atoms with Gasteiger partial charge in [0.25, 0.3) is 11.8 Å². The quantitative estimate of drug-likeness (QED) is 0.722. The van der Waals surface area contributed by atoms with Crippen molar-refractivity contribution in [2.75, 3.05) is 0 Å². The summed E-state index contributed by atoms with van der Waals surface area (Å²) in [5.41, 5.74) is 0.287. The summed E-state index contributed by atoms with van der Waals surface area (Å²) in [6.07, 6.45) is 0. The van der Waals surface area contributed by atoms with Crippen LogP contribution in [-0.4, -0.2) is 27.8 Å². The number of rotatable bonds is 2. The molecule has 1 aliphatic rings. The van der Waals surface area contributed by atoms with Crippen molar-refractivity contribution in [1.29, 1.82) is 0 Å². The summed E-state index contributed by atoms with van der Waals surface area (Å²) in [6.45, 7) is 0. The standard InChI is InChI=1S/C18H10N2O5/c21-14-9-8-10-4-3-7-13(15(10)19-14)18(24)25-20-16(22)11-5-1-2-6-12(11)17(20)23/h1-9H,(H,19,21). The molecule has 0 unspecified atom stereocenters. The van der Waals surface area contributed by atoms with Gasteiger partial charge in [0.2, 0.25) is 5.56 Å². The van der Waals surface area contributed by atoms with Crippen molar-refractivity contribution in [2.45, 2.75) is 0 Å². The lowest BCUT2D eigenvalue weighted by molar-refractivity contribution is -0.0583. The van der Waals surface area contributed by atoms with Gasteiger partial charge < -0.3 is 9.82 Å². The van der Waals surface area contributed by atoms with Gasteiger partial charge in [-0.05, 0) is 29.7 Å². The topological polar surface area (TPSA) is 96.5 Å². The molecule has 4 rings (SSSR count). The number of para-hydroxylation sites is 1. The molecule has 1 aliphatic heterocycles. The first kappa shape index (κ1) is 14.8. The highest BCUT2D eigenvalue weighted by molar-refractivity contribution is 6.21. The molecule has 25 heavy (non-hydrogen) atoms. The highest BCUT2D eigenvalue weighted by Crippen LogP contribution is 2.24. The predicted molar refractivity (Wildman–Crippen MR) is 86.9 cm³/mol. The van der Waals surface area contributed by atoms with Crippen LogP contribution >= 0.6 is 0 Å². The molecule has 0 atom stereocenters. The molecule has 122 valence electrons. The monoisotopic (exact) mass is 334 g/mol. The number of benzene rings is 2. The predicted octanol–water partition coefficient (Wildman–Crippen LogP) is 1.90. The number of aromatic amines is 1. The van der Waals surface area contributed by atoms with E-state index in [2.05, 4.69) is 4.98 Å². The molecule has 7 heteroatoms. The normalized spacial score (nSPS) is 13.2. The number of pyridine rings is 1. The van der Waals surface area contributed by atoms with Gasteiger partial charge in [0.15, 0.2) is 0 Å². The van der Waals surface area contributed by atoms with Gasteiger partial charge >= 0.3 is 5.97 Å². The van der Waals surface area contributed by atoms with Crippen molar-refractivity contribution >= 4 is 28.7 Å². The van der Waals surface area contributed by atoms with Crippen molar-refractivity contribution in [2.24, 2.45) is 0 Å². The molecular weight excluding hydrogens is 324 g/mol. The van der Waals surface area contributed by atoms with Crippen LogP contribution in [0, 0.1) is 0 Å². The molecule has 7 nitrogen and oxygen atoms in total. The molecule has 0 spiro atoms. The molecule has 0 saturated carbocycles. The van der Waals surface area contributed by atoms with E-state index in [4.69, 9.17) is 4.84 Å². The number of imide groups is 1. The van der Waals surface area contributed by atoms with Gasteiger partial charge in [0, 0.05) is 6.07 Å². The molecule has 0 radical (unpaired) electrons. The van der Waals surface area contributed by atoms with E-state index >= 15 is 0 Å². The summed E-state index contributed by atoms with van der Waals surface area (Å²) in [5, 5.41) is 1.06. The second-order valence-electron chi connectivity index (χ2n) is 5.42. The summed E-state index contributed by atoms with van der Waals surface area (Å²) in [5.74, 6) is -2.33. The number of carbonyl (C=O) groups is 3. The number of nitrogens with one attached hydrogen (secondary N) is 1. The first-order valence-corrected chi connectivity index (χ1v) is 7.38. The third-order valence-electron chi connectivity index (χ3n) is 3.91. The highest BCUT2D eigenvalue weighted by atomic mass is 16.7. The van der Waals surface area contributed by atoms with Crippen molar-refractivity contribution in [3.05, 3.63) is 81.6 Å². The average Bonchev–Trinajstić information content (AvgIpc) is 2.86. The Labute approximate surface area is 140 Å². The summed E-state index contributed by atoms with van der Waals surface area (Å²) >= 11 is 0.